The Balaban J connectivity index is 1.39. The maximum absolute atomic E-state index is 13.9. The summed E-state index contributed by atoms with van der Waals surface area (Å²) in [6, 6.07) is 6.71. The van der Waals surface area contributed by atoms with E-state index in [1.54, 1.807) is 48.3 Å². The van der Waals surface area contributed by atoms with Crippen LogP contribution < -0.4 is 5.56 Å². The van der Waals surface area contributed by atoms with Crippen LogP contribution in [0.3, 0.4) is 0 Å². The van der Waals surface area contributed by atoms with Crippen molar-refractivity contribution in [1.29, 1.82) is 0 Å². The predicted octanol–water partition coefficient (Wildman–Crippen LogP) is 3.62. The van der Waals surface area contributed by atoms with Crippen molar-refractivity contribution in [2.75, 3.05) is 19.0 Å². The van der Waals surface area contributed by atoms with Crippen LogP contribution in [-0.4, -0.2) is 56.9 Å². The molecule has 4 aromatic rings. The van der Waals surface area contributed by atoms with E-state index in [4.69, 9.17) is 19.7 Å². The van der Waals surface area contributed by atoms with Gasteiger partial charge >= 0.3 is 0 Å². The second kappa shape index (κ2) is 10.8. The van der Waals surface area contributed by atoms with E-state index in [-0.39, 0.29) is 17.4 Å². The SMILES string of the molecule is CCc1ncnc(C2CC2)c1-c1ncc2nc(CCc3ccc(S(=O)(=O)CC)cc3)c(=O)n([C@H]3CCOC3)c2n1. The van der Waals surface area contributed by atoms with E-state index < -0.39 is 9.84 Å². The molecular weight excluding hydrogens is 528 g/mol. The standard InChI is InChI=1S/C29H32N6O4S/c1-3-22-25(26(19-8-9-19)32-17-31-22)27-30-15-24-28(34-27)35(20-13-14-39-16-20)29(36)23(33-24)12-7-18-5-10-21(11-6-18)40(37,38)4-2/h5-6,10-11,15,17,19-20H,3-4,7-9,12-14,16H2,1-2H3/t20-/m0/s1. The summed E-state index contributed by atoms with van der Waals surface area (Å²) in [4.78, 5) is 37.6. The number of rotatable bonds is 9. The molecular formula is C29H32N6O4S. The molecule has 1 atom stereocenters. The first-order chi connectivity index (χ1) is 19.4. The normalized spacial score (nSPS) is 17.5. The summed E-state index contributed by atoms with van der Waals surface area (Å²) in [5.74, 6) is 0.973. The molecule has 1 aliphatic heterocycles. The van der Waals surface area contributed by atoms with Crippen molar-refractivity contribution in [3.8, 4) is 11.4 Å². The van der Waals surface area contributed by atoms with E-state index in [1.807, 2.05) is 0 Å². The molecule has 10 nitrogen and oxygen atoms in total. The van der Waals surface area contributed by atoms with Crippen LogP contribution in [0, 0.1) is 0 Å². The molecule has 1 saturated heterocycles. The van der Waals surface area contributed by atoms with Gasteiger partial charge in [-0.15, -0.1) is 0 Å². The zero-order chi connectivity index (χ0) is 27.9. The highest BCUT2D eigenvalue weighted by atomic mass is 32.2. The molecule has 0 N–H and O–H groups in total. The van der Waals surface area contributed by atoms with E-state index in [0.29, 0.717) is 66.0 Å². The summed E-state index contributed by atoms with van der Waals surface area (Å²) in [7, 11) is -3.26. The fourth-order valence-corrected chi connectivity index (χ4v) is 6.19. The molecule has 2 aliphatic rings. The molecule has 0 bridgehead atoms. The lowest BCUT2D eigenvalue weighted by Crippen LogP contribution is -2.30. The number of ether oxygens (including phenoxy) is 1. The Kier molecular flexibility index (Phi) is 7.18. The van der Waals surface area contributed by atoms with Gasteiger partial charge in [0.05, 0.1) is 46.4 Å². The number of sulfone groups is 1. The molecule has 40 heavy (non-hydrogen) atoms. The Labute approximate surface area is 232 Å². The average molecular weight is 561 g/mol. The summed E-state index contributed by atoms with van der Waals surface area (Å²) in [5.41, 5.74) is 4.98. The maximum Gasteiger partial charge on any atom is 0.274 e. The average Bonchev–Trinajstić information content (AvgIpc) is 3.69. The lowest BCUT2D eigenvalue weighted by Gasteiger charge is -2.17. The summed E-state index contributed by atoms with van der Waals surface area (Å²) in [5, 5.41) is 0. The van der Waals surface area contributed by atoms with Crippen molar-refractivity contribution < 1.29 is 13.2 Å². The highest BCUT2D eigenvalue weighted by molar-refractivity contribution is 7.91. The fraction of sp³-hybridized carbons (Fsp3) is 0.448. The van der Waals surface area contributed by atoms with E-state index in [2.05, 4.69) is 16.9 Å². The van der Waals surface area contributed by atoms with E-state index >= 15 is 0 Å². The van der Waals surface area contributed by atoms with E-state index in [0.717, 1.165) is 41.8 Å². The molecule has 0 spiro atoms. The van der Waals surface area contributed by atoms with Gasteiger partial charge in [-0.05, 0) is 56.2 Å². The molecule has 208 valence electrons. The van der Waals surface area contributed by atoms with Crippen LogP contribution in [0.4, 0.5) is 0 Å². The van der Waals surface area contributed by atoms with Crippen LogP contribution in [0.1, 0.15) is 67.7 Å². The Morgan fingerprint density at radius 3 is 2.45 bits per heavy atom. The van der Waals surface area contributed by atoms with Gasteiger partial charge in [-0.1, -0.05) is 26.0 Å². The molecule has 4 heterocycles. The summed E-state index contributed by atoms with van der Waals surface area (Å²) in [6.07, 6.45) is 7.89. The largest absolute Gasteiger partial charge is 0.379 e. The number of hydrogen-bond donors (Lipinski definition) is 0. The minimum Gasteiger partial charge on any atom is -0.379 e. The highest BCUT2D eigenvalue weighted by Crippen LogP contribution is 2.43. The fourth-order valence-electron chi connectivity index (χ4n) is 5.31. The molecule has 1 saturated carbocycles. The third-order valence-electron chi connectivity index (χ3n) is 7.76. The summed E-state index contributed by atoms with van der Waals surface area (Å²) in [6.45, 7) is 4.70. The molecule has 0 unspecified atom stereocenters. The topological polar surface area (TPSA) is 130 Å². The van der Waals surface area contributed by atoms with Crippen LogP contribution in [0.15, 0.2) is 46.5 Å². The Morgan fingerprint density at radius 2 is 1.77 bits per heavy atom. The van der Waals surface area contributed by atoms with Crippen LogP contribution in [0.2, 0.25) is 0 Å². The Morgan fingerprint density at radius 1 is 0.975 bits per heavy atom. The number of fused-ring (bicyclic) bond motifs is 1. The molecule has 6 rings (SSSR count). The van der Waals surface area contributed by atoms with E-state index in [9.17, 15) is 13.2 Å². The van der Waals surface area contributed by atoms with Gasteiger partial charge in [-0.3, -0.25) is 9.36 Å². The van der Waals surface area contributed by atoms with Gasteiger partial charge in [0, 0.05) is 12.5 Å². The first kappa shape index (κ1) is 26.6. The first-order valence-electron chi connectivity index (χ1n) is 13.9. The summed E-state index contributed by atoms with van der Waals surface area (Å²) >= 11 is 0. The monoisotopic (exact) mass is 560 g/mol. The first-order valence-corrected chi connectivity index (χ1v) is 15.6. The van der Waals surface area contributed by atoms with Gasteiger partial charge in [0.25, 0.3) is 5.56 Å². The van der Waals surface area contributed by atoms with E-state index in [1.165, 1.54) is 0 Å². The zero-order valence-corrected chi connectivity index (χ0v) is 23.5. The molecule has 2 fully saturated rings. The predicted molar refractivity (Wildman–Crippen MR) is 150 cm³/mol. The second-order valence-corrected chi connectivity index (χ2v) is 12.7. The van der Waals surface area contributed by atoms with Crippen molar-refractivity contribution in [3.63, 3.8) is 0 Å². The van der Waals surface area contributed by atoms with Crippen molar-refractivity contribution in [1.82, 2.24) is 29.5 Å². The number of aryl methyl sites for hydroxylation is 3. The van der Waals surface area contributed by atoms with Crippen molar-refractivity contribution >= 4 is 21.0 Å². The van der Waals surface area contributed by atoms with Gasteiger partial charge in [0.15, 0.2) is 21.3 Å². The minimum atomic E-state index is -3.26. The molecule has 0 amide bonds. The molecule has 1 aliphatic carbocycles. The van der Waals surface area contributed by atoms with Gasteiger partial charge in [-0.2, -0.15) is 0 Å². The van der Waals surface area contributed by atoms with Gasteiger partial charge in [0.1, 0.15) is 17.5 Å². The quantitative estimate of drug-likeness (QED) is 0.301. The smallest absolute Gasteiger partial charge is 0.274 e. The van der Waals surface area contributed by atoms with Crippen molar-refractivity contribution in [2.24, 2.45) is 0 Å². The molecule has 0 radical (unpaired) electrons. The highest BCUT2D eigenvalue weighted by Gasteiger charge is 2.31. The van der Waals surface area contributed by atoms with Crippen LogP contribution >= 0.6 is 0 Å². The summed E-state index contributed by atoms with van der Waals surface area (Å²) < 4.78 is 31.7. The molecule has 11 heteroatoms. The van der Waals surface area contributed by atoms with Gasteiger partial charge < -0.3 is 4.74 Å². The Bertz CT molecular complexity index is 1730. The number of hydrogen-bond acceptors (Lipinski definition) is 9. The molecule has 1 aromatic carbocycles. The molecule has 3 aromatic heterocycles. The van der Waals surface area contributed by atoms with Crippen LogP contribution in [-0.2, 0) is 33.8 Å². The number of benzene rings is 1. The second-order valence-electron chi connectivity index (χ2n) is 10.4. The lowest BCUT2D eigenvalue weighted by atomic mass is 10.1. The number of aromatic nitrogens is 6. The maximum atomic E-state index is 13.9. The van der Waals surface area contributed by atoms with Crippen LogP contribution in [0.25, 0.3) is 22.6 Å². The van der Waals surface area contributed by atoms with Gasteiger partial charge in [0.2, 0.25) is 0 Å². The zero-order valence-electron chi connectivity index (χ0n) is 22.7. The third kappa shape index (κ3) is 5.03. The van der Waals surface area contributed by atoms with Crippen LogP contribution in [0.5, 0.6) is 0 Å². The Hall–Kier alpha value is -3.57. The van der Waals surface area contributed by atoms with Crippen molar-refractivity contribution in [2.45, 2.75) is 69.2 Å². The minimum absolute atomic E-state index is 0.0561. The van der Waals surface area contributed by atoms with Crippen molar-refractivity contribution in [3.05, 3.63) is 69.8 Å². The lowest BCUT2D eigenvalue weighted by molar-refractivity contribution is 0.186. The van der Waals surface area contributed by atoms with Gasteiger partial charge in [-0.25, -0.2) is 33.3 Å². The third-order valence-corrected chi connectivity index (χ3v) is 9.51. The number of nitrogens with zero attached hydrogens (tertiary/aromatic N) is 6.